The number of anilines is 2. The molecular formula is C16H18N2O3. The number of hydrogen-bond acceptors (Lipinski definition) is 4. The summed E-state index contributed by atoms with van der Waals surface area (Å²) in [7, 11) is 1.61. The van der Waals surface area contributed by atoms with Gasteiger partial charge in [-0.05, 0) is 35.9 Å². The number of nitrogens with one attached hydrogen (secondary N) is 1. The Morgan fingerprint density at radius 2 is 2.00 bits per heavy atom. The van der Waals surface area contributed by atoms with Gasteiger partial charge >= 0.3 is 0 Å². The second kappa shape index (κ2) is 7.31. The van der Waals surface area contributed by atoms with Gasteiger partial charge in [-0.1, -0.05) is 18.2 Å². The first kappa shape index (κ1) is 14.9. The summed E-state index contributed by atoms with van der Waals surface area (Å²) in [5.74, 6) is 0.545. The second-order valence-electron chi connectivity index (χ2n) is 4.52. The fourth-order valence-electron chi connectivity index (χ4n) is 1.84. The summed E-state index contributed by atoms with van der Waals surface area (Å²) in [5, 5.41) is 2.72. The van der Waals surface area contributed by atoms with Gasteiger partial charge in [0, 0.05) is 11.4 Å². The lowest BCUT2D eigenvalue weighted by Crippen LogP contribution is -2.18. The summed E-state index contributed by atoms with van der Waals surface area (Å²) in [6.07, 6.45) is 0. The van der Waals surface area contributed by atoms with Crippen LogP contribution in [0.15, 0.2) is 48.5 Å². The molecule has 0 bridgehead atoms. The molecule has 0 fully saturated rings. The zero-order valence-corrected chi connectivity index (χ0v) is 11.8. The van der Waals surface area contributed by atoms with E-state index in [9.17, 15) is 4.79 Å². The fraction of sp³-hybridized carbons (Fsp3) is 0.188. The Bertz CT molecular complexity index is 614. The van der Waals surface area contributed by atoms with Gasteiger partial charge in [0.05, 0.1) is 13.7 Å². The van der Waals surface area contributed by atoms with Crippen molar-refractivity contribution in [1.29, 1.82) is 0 Å². The number of carbonyl (C=O) groups is 1. The molecule has 0 spiro atoms. The van der Waals surface area contributed by atoms with Crippen LogP contribution in [-0.4, -0.2) is 19.6 Å². The molecule has 0 unspecified atom stereocenters. The predicted molar refractivity (Wildman–Crippen MR) is 82.1 cm³/mol. The smallest absolute Gasteiger partial charge is 0.250 e. The van der Waals surface area contributed by atoms with Crippen molar-refractivity contribution in [1.82, 2.24) is 0 Å². The van der Waals surface area contributed by atoms with E-state index in [1.807, 2.05) is 24.3 Å². The van der Waals surface area contributed by atoms with Gasteiger partial charge in [0.1, 0.15) is 12.4 Å². The van der Waals surface area contributed by atoms with Crippen molar-refractivity contribution in [2.45, 2.75) is 6.61 Å². The van der Waals surface area contributed by atoms with Crippen molar-refractivity contribution < 1.29 is 14.3 Å². The number of carbonyl (C=O) groups excluding carboxylic acids is 1. The van der Waals surface area contributed by atoms with Gasteiger partial charge in [-0.2, -0.15) is 0 Å². The molecule has 1 amide bonds. The van der Waals surface area contributed by atoms with E-state index in [0.717, 1.165) is 11.3 Å². The summed E-state index contributed by atoms with van der Waals surface area (Å²) in [5.41, 5.74) is 7.85. The van der Waals surface area contributed by atoms with Crippen LogP contribution in [0.25, 0.3) is 0 Å². The molecule has 0 radical (unpaired) electrons. The first-order valence-corrected chi connectivity index (χ1v) is 6.53. The first-order valence-electron chi connectivity index (χ1n) is 6.53. The van der Waals surface area contributed by atoms with Gasteiger partial charge in [-0.3, -0.25) is 4.79 Å². The van der Waals surface area contributed by atoms with Crippen LogP contribution in [-0.2, 0) is 16.1 Å². The molecule has 21 heavy (non-hydrogen) atoms. The molecule has 0 aliphatic carbocycles. The van der Waals surface area contributed by atoms with Crippen LogP contribution in [0, 0.1) is 0 Å². The molecule has 3 N–H and O–H groups in total. The lowest BCUT2D eigenvalue weighted by Gasteiger charge is -2.08. The highest BCUT2D eigenvalue weighted by Crippen LogP contribution is 2.14. The number of hydrogen-bond donors (Lipinski definition) is 2. The summed E-state index contributed by atoms with van der Waals surface area (Å²) in [6, 6.07) is 14.5. The number of nitrogens with two attached hydrogens (primary N) is 1. The SMILES string of the molecule is COc1cccc(COCC(=O)Nc2cccc(N)c2)c1. The van der Waals surface area contributed by atoms with Crippen molar-refractivity contribution in [3.05, 3.63) is 54.1 Å². The van der Waals surface area contributed by atoms with Crippen molar-refractivity contribution in [3.8, 4) is 5.75 Å². The lowest BCUT2D eigenvalue weighted by molar-refractivity contribution is -0.121. The highest BCUT2D eigenvalue weighted by atomic mass is 16.5. The minimum absolute atomic E-state index is 0.0218. The number of amides is 1. The van der Waals surface area contributed by atoms with E-state index in [2.05, 4.69) is 5.32 Å². The maximum Gasteiger partial charge on any atom is 0.250 e. The monoisotopic (exact) mass is 286 g/mol. The van der Waals surface area contributed by atoms with Crippen LogP contribution in [0.1, 0.15) is 5.56 Å². The van der Waals surface area contributed by atoms with E-state index in [-0.39, 0.29) is 12.5 Å². The summed E-state index contributed by atoms with van der Waals surface area (Å²) in [4.78, 5) is 11.7. The molecule has 0 saturated heterocycles. The van der Waals surface area contributed by atoms with Gasteiger partial charge < -0.3 is 20.5 Å². The molecule has 5 heteroatoms. The molecule has 0 heterocycles. The number of ether oxygens (including phenoxy) is 2. The van der Waals surface area contributed by atoms with Crippen molar-refractivity contribution in [2.75, 3.05) is 24.8 Å². The Hall–Kier alpha value is -2.53. The van der Waals surface area contributed by atoms with Crippen LogP contribution >= 0.6 is 0 Å². The largest absolute Gasteiger partial charge is 0.497 e. The van der Waals surface area contributed by atoms with E-state index >= 15 is 0 Å². The quantitative estimate of drug-likeness (QED) is 0.800. The third kappa shape index (κ3) is 4.81. The molecule has 2 aromatic rings. The van der Waals surface area contributed by atoms with Crippen LogP contribution < -0.4 is 15.8 Å². The number of rotatable bonds is 6. The third-order valence-corrected chi connectivity index (χ3v) is 2.81. The summed E-state index contributed by atoms with van der Waals surface area (Å²) >= 11 is 0. The molecule has 0 aliphatic heterocycles. The number of nitrogen functional groups attached to an aromatic ring is 1. The van der Waals surface area contributed by atoms with Gasteiger partial charge in [0.15, 0.2) is 0 Å². The highest BCUT2D eigenvalue weighted by Gasteiger charge is 2.03. The first-order chi connectivity index (χ1) is 10.2. The molecule has 2 aromatic carbocycles. The Morgan fingerprint density at radius 3 is 2.76 bits per heavy atom. The standard InChI is InChI=1S/C16H18N2O3/c1-20-15-7-2-4-12(8-15)10-21-11-16(19)18-14-6-3-5-13(17)9-14/h2-9H,10-11,17H2,1H3,(H,18,19). The van der Waals surface area contributed by atoms with Crippen LogP contribution in [0.4, 0.5) is 11.4 Å². The number of methoxy groups -OCH3 is 1. The van der Waals surface area contributed by atoms with E-state index in [1.165, 1.54) is 0 Å². The van der Waals surface area contributed by atoms with Crippen LogP contribution in [0.2, 0.25) is 0 Å². The van der Waals surface area contributed by atoms with Crippen LogP contribution in [0.5, 0.6) is 5.75 Å². The minimum Gasteiger partial charge on any atom is -0.497 e. The second-order valence-corrected chi connectivity index (χ2v) is 4.52. The molecule has 2 rings (SSSR count). The predicted octanol–water partition coefficient (Wildman–Crippen LogP) is 2.43. The Morgan fingerprint density at radius 1 is 1.19 bits per heavy atom. The molecule has 0 aromatic heterocycles. The van der Waals surface area contributed by atoms with E-state index in [1.54, 1.807) is 31.4 Å². The molecular weight excluding hydrogens is 268 g/mol. The van der Waals surface area contributed by atoms with Gasteiger partial charge in [0.25, 0.3) is 0 Å². The van der Waals surface area contributed by atoms with Crippen molar-refractivity contribution in [3.63, 3.8) is 0 Å². The minimum atomic E-state index is -0.219. The zero-order chi connectivity index (χ0) is 15.1. The molecule has 0 atom stereocenters. The summed E-state index contributed by atoms with van der Waals surface area (Å²) in [6.45, 7) is 0.327. The van der Waals surface area contributed by atoms with E-state index < -0.39 is 0 Å². The molecule has 0 saturated carbocycles. The van der Waals surface area contributed by atoms with Gasteiger partial charge in [-0.25, -0.2) is 0 Å². The Kier molecular flexibility index (Phi) is 5.17. The van der Waals surface area contributed by atoms with E-state index in [4.69, 9.17) is 15.2 Å². The Labute approximate surface area is 123 Å². The average Bonchev–Trinajstić information content (AvgIpc) is 2.47. The average molecular weight is 286 g/mol. The maximum atomic E-state index is 11.7. The molecule has 0 aliphatic rings. The molecule has 5 nitrogen and oxygen atoms in total. The van der Waals surface area contributed by atoms with Gasteiger partial charge in [0.2, 0.25) is 5.91 Å². The highest BCUT2D eigenvalue weighted by molar-refractivity contribution is 5.92. The van der Waals surface area contributed by atoms with Crippen molar-refractivity contribution >= 4 is 17.3 Å². The lowest BCUT2D eigenvalue weighted by atomic mass is 10.2. The zero-order valence-electron chi connectivity index (χ0n) is 11.8. The van der Waals surface area contributed by atoms with Crippen molar-refractivity contribution in [2.24, 2.45) is 0 Å². The van der Waals surface area contributed by atoms with E-state index in [0.29, 0.717) is 18.0 Å². The maximum absolute atomic E-state index is 11.7. The summed E-state index contributed by atoms with van der Waals surface area (Å²) < 4.78 is 10.5. The van der Waals surface area contributed by atoms with Gasteiger partial charge in [-0.15, -0.1) is 0 Å². The van der Waals surface area contributed by atoms with Crippen LogP contribution in [0.3, 0.4) is 0 Å². The topological polar surface area (TPSA) is 73.6 Å². The fourth-order valence-corrected chi connectivity index (χ4v) is 1.84. The number of benzene rings is 2. The Balaban J connectivity index is 1.79. The normalized spacial score (nSPS) is 10.1. The third-order valence-electron chi connectivity index (χ3n) is 2.81. The molecule has 110 valence electrons.